The predicted molar refractivity (Wildman–Crippen MR) is 126 cm³/mol. The van der Waals surface area contributed by atoms with Crippen LogP contribution in [-0.2, 0) is 6.54 Å². The second-order valence-electron chi connectivity index (χ2n) is 9.71. The molecule has 0 spiro atoms. The summed E-state index contributed by atoms with van der Waals surface area (Å²) in [5.41, 5.74) is 1.45. The van der Waals surface area contributed by atoms with E-state index in [1.165, 1.54) is 0 Å². The first-order valence-electron chi connectivity index (χ1n) is 12.0. The Balaban J connectivity index is 1.19. The Kier molecular flexibility index (Phi) is 5.28. The maximum Gasteiger partial charge on any atom is 0.270 e. The fraction of sp³-hybridized carbons (Fsp3) is 0.440. The van der Waals surface area contributed by atoms with Gasteiger partial charge in [0, 0.05) is 43.3 Å². The van der Waals surface area contributed by atoms with Crippen LogP contribution in [0.2, 0.25) is 0 Å². The molecule has 3 heterocycles. The highest BCUT2D eigenvalue weighted by Crippen LogP contribution is 2.38. The number of fused-ring (bicyclic) bond motifs is 2. The number of nitrogens with zero attached hydrogens (tertiary/aromatic N) is 4. The Hall–Kier alpha value is -3.40. The van der Waals surface area contributed by atoms with Crippen LogP contribution in [0.1, 0.15) is 47.4 Å². The van der Waals surface area contributed by atoms with Crippen molar-refractivity contribution in [2.45, 2.75) is 57.3 Å². The predicted octanol–water partition coefficient (Wildman–Crippen LogP) is 2.65. The first-order chi connectivity index (χ1) is 16.9. The van der Waals surface area contributed by atoms with Crippen LogP contribution in [0, 0.1) is 18.7 Å². The molecule has 3 aromatic rings. The van der Waals surface area contributed by atoms with Crippen LogP contribution in [0.25, 0.3) is 11.0 Å². The lowest BCUT2D eigenvalue weighted by Gasteiger charge is -2.54. The van der Waals surface area contributed by atoms with Gasteiger partial charge in [-0.1, -0.05) is 6.07 Å². The summed E-state index contributed by atoms with van der Waals surface area (Å²) in [6.45, 7) is 3.19. The molecule has 2 atom stereocenters. The number of hydrogen-bond acceptors (Lipinski definition) is 6. The summed E-state index contributed by atoms with van der Waals surface area (Å²) in [7, 11) is 0. The van der Waals surface area contributed by atoms with Crippen LogP contribution in [0.5, 0.6) is 0 Å². The van der Waals surface area contributed by atoms with Crippen LogP contribution < -0.4 is 15.8 Å². The van der Waals surface area contributed by atoms with Crippen molar-refractivity contribution in [1.29, 1.82) is 0 Å². The van der Waals surface area contributed by atoms with Gasteiger partial charge in [-0.05, 0) is 50.8 Å². The summed E-state index contributed by atoms with van der Waals surface area (Å²) < 4.78 is 30.2. The molecular weight excluding hydrogens is 454 g/mol. The molecule has 35 heavy (non-hydrogen) atoms. The van der Waals surface area contributed by atoms with E-state index in [4.69, 9.17) is 0 Å². The minimum absolute atomic E-state index is 0.0939. The van der Waals surface area contributed by atoms with Crippen LogP contribution >= 0.6 is 0 Å². The second kappa shape index (κ2) is 8.37. The molecule has 10 heteroatoms. The molecule has 2 aromatic heterocycles. The van der Waals surface area contributed by atoms with E-state index in [0.717, 1.165) is 25.7 Å². The standard InChI is InChI=1S/C25H26F2N6O2/c1-13-24(34)31-22-16(28-13)5-2-14(21(22)26)12-32-10-11-33(19-9-8-18(19)32)20-7-6-17(30-23(20)27)25(35)29-15-3-4-15/h2,5-7,15,18-19H,3-4,8-12H2,1H3,(H,29,35)(H,31,34)/t18-,19+/m1/s1. The van der Waals surface area contributed by atoms with Crippen LogP contribution in [0.3, 0.4) is 0 Å². The number of aromatic amines is 1. The van der Waals surface area contributed by atoms with E-state index in [1.807, 2.05) is 4.90 Å². The first kappa shape index (κ1) is 22.1. The van der Waals surface area contributed by atoms with Gasteiger partial charge in [0.1, 0.15) is 16.9 Å². The lowest BCUT2D eigenvalue weighted by molar-refractivity contribution is 0.0646. The van der Waals surface area contributed by atoms with Crippen molar-refractivity contribution in [2.75, 3.05) is 18.0 Å². The smallest absolute Gasteiger partial charge is 0.270 e. The molecule has 1 saturated heterocycles. The minimum atomic E-state index is -0.639. The van der Waals surface area contributed by atoms with E-state index in [0.29, 0.717) is 42.1 Å². The molecule has 2 N–H and O–H groups in total. The number of amides is 1. The molecule has 0 unspecified atom stereocenters. The highest BCUT2D eigenvalue weighted by Gasteiger charge is 2.44. The number of aryl methyl sites for hydroxylation is 1. The Morgan fingerprint density at radius 2 is 1.89 bits per heavy atom. The molecule has 8 nitrogen and oxygen atoms in total. The molecule has 2 saturated carbocycles. The minimum Gasteiger partial charge on any atom is -0.362 e. The van der Waals surface area contributed by atoms with Crippen LogP contribution in [0.15, 0.2) is 29.1 Å². The van der Waals surface area contributed by atoms with Gasteiger partial charge in [0.2, 0.25) is 5.95 Å². The topological polar surface area (TPSA) is 94.2 Å². The maximum absolute atomic E-state index is 15.2. The summed E-state index contributed by atoms with van der Waals surface area (Å²) in [4.78, 5) is 39.1. The zero-order valence-electron chi connectivity index (χ0n) is 19.4. The molecule has 1 aliphatic heterocycles. The average Bonchev–Trinajstić information content (AvgIpc) is 3.62. The fourth-order valence-corrected chi connectivity index (χ4v) is 5.17. The molecule has 1 amide bonds. The Morgan fingerprint density at radius 1 is 1.09 bits per heavy atom. The third kappa shape index (κ3) is 3.95. The molecule has 2 aliphatic carbocycles. The van der Waals surface area contributed by atoms with Gasteiger partial charge in [-0.25, -0.2) is 14.4 Å². The highest BCUT2D eigenvalue weighted by atomic mass is 19.1. The number of hydrogen-bond donors (Lipinski definition) is 2. The Labute approximate surface area is 200 Å². The summed E-state index contributed by atoms with van der Waals surface area (Å²) >= 11 is 0. The Morgan fingerprint density at radius 3 is 2.60 bits per heavy atom. The van der Waals surface area contributed by atoms with Crippen molar-refractivity contribution in [1.82, 2.24) is 25.2 Å². The zero-order valence-corrected chi connectivity index (χ0v) is 19.4. The van der Waals surface area contributed by atoms with Crippen LogP contribution in [-0.4, -0.2) is 57.0 Å². The number of aromatic nitrogens is 3. The molecule has 182 valence electrons. The van der Waals surface area contributed by atoms with Gasteiger partial charge in [-0.2, -0.15) is 4.39 Å². The number of carbonyl (C=O) groups excluding carboxylic acids is 1. The summed E-state index contributed by atoms with van der Waals surface area (Å²) in [5, 5.41) is 2.83. The Bertz CT molecular complexity index is 1390. The van der Waals surface area contributed by atoms with E-state index < -0.39 is 17.3 Å². The van der Waals surface area contributed by atoms with Gasteiger partial charge in [-0.15, -0.1) is 0 Å². The average molecular weight is 481 g/mol. The molecule has 6 rings (SSSR count). The quantitative estimate of drug-likeness (QED) is 0.546. The SMILES string of the molecule is Cc1nc2ccc(CN3CCN(c4ccc(C(=O)NC5CC5)nc4F)[C@H]4CC[C@H]43)c(F)c2[nH]c1=O. The number of nitrogens with one attached hydrogen (secondary N) is 2. The highest BCUT2D eigenvalue weighted by molar-refractivity contribution is 5.92. The summed E-state index contributed by atoms with van der Waals surface area (Å²) in [6.07, 6.45) is 3.75. The van der Waals surface area contributed by atoms with Crippen molar-refractivity contribution < 1.29 is 13.6 Å². The van der Waals surface area contributed by atoms with Gasteiger partial charge >= 0.3 is 0 Å². The van der Waals surface area contributed by atoms with Gasteiger partial charge in [0.25, 0.3) is 11.5 Å². The van der Waals surface area contributed by atoms with Crippen molar-refractivity contribution in [3.8, 4) is 0 Å². The van der Waals surface area contributed by atoms with Gasteiger partial charge < -0.3 is 15.2 Å². The van der Waals surface area contributed by atoms with E-state index >= 15 is 4.39 Å². The summed E-state index contributed by atoms with van der Waals surface area (Å²) in [5.74, 6) is -1.44. The largest absolute Gasteiger partial charge is 0.362 e. The third-order valence-corrected chi connectivity index (χ3v) is 7.41. The molecular formula is C25H26F2N6O2. The molecule has 3 aliphatic rings. The van der Waals surface area contributed by atoms with Crippen LogP contribution in [0.4, 0.5) is 14.5 Å². The zero-order chi connectivity index (χ0) is 24.3. The molecule has 1 aromatic carbocycles. The number of halogens is 2. The van der Waals surface area contributed by atoms with E-state index in [-0.39, 0.29) is 35.2 Å². The third-order valence-electron chi connectivity index (χ3n) is 7.41. The molecule has 0 radical (unpaired) electrons. The monoisotopic (exact) mass is 480 g/mol. The maximum atomic E-state index is 15.2. The number of benzene rings is 1. The van der Waals surface area contributed by atoms with Gasteiger partial charge in [-0.3, -0.25) is 14.5 Å². The lowest BCUT2D eigenvalue weighted by Crippen LogP contribution is -2.64. The molecule has 0 bridgehead atoms. The van der Waals surface area contributed by atoms with Crippen molar-refractivity contribution in [2.24, 2.45) is 0 Å². The van der Waals surface area contributed by atoms with Crippen molar-refractivity contribution >= 4 is 22.6 Å². The number of H-pyrrole nitrogens is 1. The van der Waals surface area contributed by atoms with E-state index in [1.54, 1.807) is 31.2 Å². The summed E-state index contributed by atoms with van der Waals surface area (Å²) in [6, 6.07) is 7.11. The number of pyridine rings is 1. The number of anilines is 1. The first-order valence-corrected chi connectivity index (χ1v) is 12.0. The normalized spacial score (nSPS) is 22.1. The second-order valence-corrected chi connectivity index (χ2v) is 9.71. The van der Waals surface area contributed by atoms with Gasteiger partial charge in [0.15, 0.2) is 5.82 Å². The van der Waals surface area contributed by atoms with E-state index in [2.05, 4.69) is 25.2 Å². The number of rotatable bonds is 5. The van der Waals surface area contributed by atoms with Crippen molar-refractivity contribution in [3.63, 3.8) is 0 Å². The van der Waals surface area contributed by atoms with Gasteiger partial charge in [0.05, 0.1) is 11.2 Å². The van der Waals surface area contributed by atoms with Crippen molar-refractivity contribution in [3.05, 3.63) is 63.3 Å². The number of piperazine rings is 1. The number of carbonyl (C=O) groups is 1. The molecule has 3 fully saturated rings. The fourth-order valence-electron chi connectivity index (χ4n) is 5.17. The lowest BCUT2D eigenvalue weighted by atomic mass is 9.81. The van der Waals surface area contributed by atoms with E-state index in [9.17, 15) is 14.0 Å².